The molecule has 0 fully saturated rings. The number of rotatable bonds is 7. The van der Waals surface area contributed by atoms with E-state index in [1.165, 1.54) is 13.2 Å². The summed E-state index contributed by atoms with van der Waals surface area (Å²) >= 11 is 5.44. The summed E-state index contributed by atoms with van der Waals surface area (Å²) in [5.74, 6) is 0.0640. The SMILES string of the molecule is CCOc1cc(C2NC(=S)N(C)C(C)=C2C(=O)c2ccccc2)cc([N+](=O)[O-])c1OC. The lowest BCUT2D eigenvalue weighted by atomic mass is 9.89. The van der Waals surface area contributed by atoms with Gasteiger partial charge in [0.15, 0.2) is 16.6 Å². The van der Waals surface area contributed by atoms with Crippen molar-refractivity contribution in [1.29, 1.82) is 0 Å². The van der Waals surface area contributed by atoms with Gasteiger partial charge in [0.05, 0.1) is 24.7 Å². The molecule has 1 aliphatic heterocycles. The Bertz CT molecular complexity index is 1070. The van der Waals surface area contributed by atoms with Gasteiger partial charge < -0.3 is 19.7 Å². The smallest absolute Gasteiger partial charge is 0.315 e. The summed E-state index contributed by atoms with van der Waals surface area (Å²) < 4.78 is 10.8. The van der Waals surface area contributed by atoms with E-state index in [0.717, 1.165) is 0 Å². The highest BCUT2D eigenvalue weighted by molar-refractivity contribution is 7.80. The molecular weight excluding hydrogens is 418 g/mol. The third kappa shape index (κ3) is 4.22. The molecular formula is C22H23N3O5S. The highest BCUT2D eigenvalue weighted by Crippen LogP contribution is 2.42. The zero-order chi connectivity index (χ0) is 22.7. The van der Waals surface area contributed by atoms with E-state index in [4.69, 9.17) is 21.7 Å². The number of allylic oxidation sites excluding steroid dienone is 1. The van der Waals surface area contributed by atoms with Crippen LogP contribution in [0.3, 0.4) is 0 Å². The van der Waals surface area contributed by atoms with Gasteiger partial charge in [0.1, 0.15) is 0 Å². The van der Waals surface area contributed by atoms with Gasteiger partial charge in [-0.15, -0.1) is 0 Å². The number of ether oxygens (including phenoxy) is 2. The zero-order valence-corrected chi connectivity index (χ0v) is 18.5. The van der Waals surface area contributed by atoms with E-state index >= 15 is 0 Å². The number of hydrogen-bond donors (Lipinski definition) is 1. The number of methoxy groups -OCH3 is 1. The summed E-state index contributed by atoms with van der Waals surface area (Å²) in [4.78, 5) is 26.3. The number of thiocarbonyl (C=S) groups is 1. The molecule has 2 aromatic carbocycles. The monoisotopic (exact) mass is 441 g/mol. The van der Waals surface area contributed by atoms with E-state index < -0.39 is 11.0 Å². The number of Topliss-reactive ketones (excluding diaryl/α,β-unsaturated/α-hetero) is 1. The van der Waals surface area contributed by atoms with Crippen molar-refractivity contribution in [2.75, 3.05) is 20.8 Å². The minimum Gasteiger partial charge on any atom is -0.490 e. The van der Waals surface area contributed by atoms with Gasteiger partial charge in [-0.05, 0) is 37.7 Å². The second-order valence-corrected chi connectivity index (χ2v) is 7.28. The van der Waals surface area contributed by atoms with Crippen LogP contribution in [0.5, 0.6) is 11.5 Å². The van der Waals surface area contributed by atoms with E-state index in [2.05, 4.69) is 5.32 Å². The van der Waals surface area contributed by atoms with E-state index in [-0.39, 0.29) is 23.0 Å². The molecule has 1 N–H and O–H groups in total. The summed E-state index contributed by atoms with van der Waals surface area (Å²) in [5.41, 5.74) is 1.85. The molecule has 2 aromatic rings. The molecule has 3 rings (SSSR count). The van der Waals surface area contributed by atoms with E-state index in [0.29, 0.717) is 34.1 Å². The summed E-state index contributed by atoms with van der Waals surface area (Å²) in [6.45, 7) is 3.87. The first-order valence-corrected chi connectivity index (χ1v) is 10.0. The van der Waals surface area contributed by atoms with E-state index in [9.17, 15) is 14.9 Å². The van der Waals surface area contributed by atoms with Crippen LogP contribution in [-0.4, -0.2) is 41.5 Å². The zero-order valence-electron chi connectivity index (χ0n) is 17.7. The predicted molar refractivity (Wildman–Crippen MR) is 121 cm³/mol. The lowest BCUT2D eigenvalue weighted by Gasteiger charge is -2.36. The van der Waals surface area contributed by atoms with Crippen molar-refractivity contribution in [3.8, 4) is 11.5 Å². The van der Waals surface area contributed by atoms with Crippen molar-refractivity contribution < 1.29 is 19.2 Å². The number of nitrogens with zero attached hydrogens (tertiary/aromatic N) is 2. The van der Waals surface area contributed by atoms with Crippen LogP contribution in [0.4, 0.5) is 5.69 Å². The minimum atomic E-state index is -0.694. The first-order chi connectivity index (χ1) is 14.8. The molecule has 0 saturated carbocycles. The van der Waals surface area contributed by atoms with Crippen molar-refractivity contribution >= 4 is 28.8 Å². The molecule has 162 valence electrons. The third-order valence-corrected chi connectivity index (χ3v) is 5.52. The van der Waals surface area contributed by atoms with Gasteiger partial charge in [-0.1, -0.05) is 30.3 Å². The minimum absolute atomic E-state index is 0.0303. The molecule has 0 saturated heterocycles. The van der Waals surface area contributed by atoms with Crippen LogP contribution in [-0.2, 0) is 0 Å². The van der Waals surface area contributed by atoms with Gasteiger partial charge in [0.25, 0.3) is 0 Å². The molecule has 0 bridgehead atoms. The second-order valence-electron chi connectivity index (χ2n) is 6.90. The topological polar surface area (TPSA) is 93.9 Å². The molecule has 0 aliphatic carbocycles. The van der Waals surface area contributed by atoms with Gasteiger partial charge >= 0.3 is 5.69 Å². The lowest BCUT2D eigenvalue weighted by molar-refractivity contribution is -0.385. The Balaban J connectivity index is 2.22. The number of ketones is 1. The molecule has 9 heteroatoms. The largest absolute Gasteiger partial charge is 0.490 e. The van der Waals surface area contributed by atoms with Crippen molar-refractivity contribution in [3.63, 3.8) is 0 Å². The van der Waals surface area contributed by atoms with Gasteiger partial charge in [-0.3, -0.25) is 14.9 Å². The van der Waals surface area contributed by atoms with E-state index in [1.54, 1.807) is 56.1 Å². The van der Waals surface area contributed by atoms with Gasteiger partial charge in [-0.25, -0.2) is 0 Å². The maximum absolute atomic E-state index is 13.4. The van der Waals surface area contributed by atoms with Crippen molar-refractivity contribution in [2.45, 2.75) is 19.9 Å². The summed E-state index contributed by atoms with van der Waals surface area (Å²) in [7, 11) is 3.11. The Hall–Kier alpha value is -3.46. The fourth-order valence-electron chi connectivity index (χ4n) is 3.50. The fraction of sp³-hybridized carbons (Fsp3) is 0.273. The molecule has 1 aliphatic rings. The highest BCUT2D eigenvalue weighted by Gasteiger charge is 2.35. The van der Waals surface area contributed by atoms with Crippen LogP contribution in [0.25, 0.3) is 0 Å². The molecule has 0 spiro atoms. The average Bonchev–Trinajstić information content (AvgIpc) is 2.77. The van der Waals surface area contributed by atoms with Crippen LogP contribution in [0.1, 0.15) is 35.8 Å². The number of hydrogen-bond acceptors (Lipinski definition) is 6. The highest BCUT2D eigenvalue weighted by atomic mass is 32.1. The van der Waals surface area contributed by atoms with Gasteiger partial charge in [-0.2, -0.15) is 0 Å². The summed E-state index contributed by atoms with van der Waals surface area (Å²) in [6, 6.07) is 11.2. The van der Waals surface area contributed by atoms with Crippen molar-refractivity contribution in [2.24, 2.45) is 0 Å². The first kappa shape index (κ1) is 22.2. The normalized spacial score (nSPS) is 16.1. The Morgan fingerprint density at radius 2 is 1.97 bits per heavy atom. The number of benzene rings is 2. The van der Waals surface area contributed by atoms with Crippen LogP contribution in [0.2, 0.25) is 0 Å². The second kappa shape index (κ2) is 9.13. The maximum atomic E-state index is 13.4. The van der Waals surface area contributed by atoms with Crippen LogP contribution in [0, 0.1) is 10.1 Å². The predicted octanol–water partition coefficient (Wildman–Crippen LogP) is 4.02. The Labute approximate surface area is 185 Å². The van der Waals surface area contributed by atoms with Crippen LogP contribution < -0.4 is 14.8 Å². The number of carbonyl (C=O) groups is 1. The molecule has 1 heterocycles. The van der Waals surface area contributed by atoms with Crippen LogP contribution in [0.15, 0.2) is 53.7 Å². The Morgan fingerprint density at radius 3 is 2.55 bits per heavy atom. The quantitative estimate of drug-likeness (QED) is 0.298. The lowest BCUT2D eigenvalue weighted by Crippen LogP contribution is -2.45. The Kier molecular flexibility index (Phi) is 6.55. The molecule has 1 atom stereocenters. The number of carbonyl (C=O) groups excluding carboxylic acids is 1. The van der Waals surface area contributed by atoms with Crippen LogP contribution >= 0.6 is 12.2 Å². The third-order valence-electron chi connectivity index (χ3n) is 5.13. The van der Waals surface area contributed by atoms with Gasteiger partial charge in [0.2, 0.25) is 5.75 Å². The number of nitro benzene ring substituents is 1. The van der Waals surface area contributed by atoms with E-state index in [1.807, 2.05) is 6.07 Å². The standard InChI is InChI=1S/C22H23N3O5S/c1-5-30-17-12-15(11-16(25(27)28)21(17)29-4)19-18(13(2)24(3)22(31)23-19)20(26)14-9-7-6-8-10-14/h6-12,19H,5H2,1-4H3,(H,23,31). The average molecular weight is 442 g/mol. The molecule has 0 amide bonds. The molecule has 8 nitrogen and oxygen atoms in total. The van der Waals surface area contributed by atoms with Crippen molar-refractivity contribution in [1.82, 2.24) is 10.2 Å². The fourth-order valence-corrected chi connectivity index (χ4v) is 3.76. The number of nitro groups is 1. The summed E-state index contributed by atoms with van der Waals surface area (Å²) in [5, 5.41) is 15.3. The van der Waals surface area contributed by atoms with Crippen molar-refractivity contribution in [3.05, 3.63) is 75.0 Å². The Morgan fingerprint density at radius 1 is 1.29 bits per heavy atom. The van der Waals surface area contributed by atoms with Gasteiger partial charge in [0, 0.05) is 29.9 Å². The molecule has 0 radical (unpaired) electrons. The molecule has 1 unspecified atom stereocenters. The first-order valence-electron chi connectivity index (χ1n) is 9.64. The molecule has 31 heavy (non-hydrogen) atoms. The summed E-state index contributed by atoms with van der Waals surface area (Å²) in [6.07, 6.45) is 0. The maximum Gasteiger partial charge on any atom is 0.315 e. The molecule has 0 aromatic heterocycles. The number of nitrogens with one attached hydrogen (secondary N) is 1.